The number of halogens is 2. The first-order valence-corrected chi connectivity index (χ1v) is 11.8. The second-order valence-corrected chi connectivity index (χ2v) is 9.44. The molecular weight excluding hydrogens is 431 g/mol. The minimum atomic E-state index is -0.766. The third kappa shape index (κ3) is 4.36. The molecule has 2 aliphatic heterocycles. The molecule has 6 heteroatoms. The summed E-state index contributed by atoms with van der Waals surface area (Å²) in [6.45, 7) is 5.41. The van der Waals surface area contributed by atoms with Gasteiger partial charge < -0.3 is 9.64 Å². The van der Waals surface area contributed by atoms with Crippen LogP contribution in [-0.2, 0) is 23.2 Å². The fourth-order valence-electron chi connectivity index (χ4n) is 5.05. The zero-order chi connectivity index (χ0) is 22.0. The Hall–Kier alpha value is -1.59. The van der Waals surface area contributed by atoms with Gasteiger partial charge in [0, 0.05) is 25.1 Å². The van der Waals surface area contributed by atoms with Crippen LogP contribution in [0.3, 0.4) is 0 Å². The normalized spacial score (nSPS) is 21.5. The summed E-state index contributed by atoms with van der Waals surface area (Å²) < 4.78 is 5.66. The molecule has 4 nitrogen and oxygen atoms in total. The number of fused-ring (bicyclic) bond motifs is 1. The largest absolute Gasteiger partial charge is 0.496 e. The number of piperidine rings is 1. The van der Waals surface area contributed by atoms with Crippen LogP contribution in [-0.4, -0.2) is 44.0 Å². The van der Waals surface area contributed by atoms with Crippen molar-refractivity contribution in [2.45, 2.75) is 44.6 Å². The van der Waals surface area contributed by atoms with Crippen molar-refractivity contribution >= 4 is 29.0 Å². The summed E-state index contributed by atoms with van der Waals surface area (Å²) in [4.78, 5) is 16.5. The lowest BCUT2D eigenvalue weighted by Gasteiger charge is -2.43. The van der Waals surface area contributed by atoms with Crippen LogP contribution >= 0.6 is 23.2 Å². The van der Waals surface area contributed by atoms with E-state index in [4.69, 9.17) is 27.9 Å². The summed E-state index contributed by atoms with van der Waals surface area (Å²) in [6.07, 6.45) is 4.78. The third-order valence-electron chi connectivity index (χ3n) is 6.80. The molecule has 31 heavy (non-hydrogen) atoms. The Balaban J connectivity index is 1.76. The monoisotopic (exact) mass is 460 g/mol. The highest BCUT2D eigenvalue weighted by atomic mass is 35.5. The summed E-state index contributed by atoms with van der Waals surface area (Å²) in [5.41, 5.74) is 3.22. The first kappa shape index (κ1) is 22.6. The molecule has 0 aromatic heterocycles. The van der Waals surface area contributed by atoms with Crippen LogP contribution in [0.4, 0.5) is 0 Å². The van der Waals surface area contributed by atoms with Crippen molar-refractivity contribution in [2.24, 2.45) is 0 Å². The maximum Gasteiger partial charge on any atom is 0.163 e. The van der Waals surface area contributed by atoms with Crippen LogP contribution in [0.2, 0.25) is 10.0 Å². The van der Waals surface area contributed by atoms with Crippen molar-refractivity contribution < 1.29 is 9.53 Å². The Morgan fingerprint density at radius 3 is 2.68 bits per heavy atom. The van der Waals surface area contributed by atoms with E-state index in [0.29, 0.717) is 23.0 Å². The van der Waals surface area contributed by atoms with E-state index in [2.05, 4.69) is 16.3 Å². The molecule has 2 aromatic carbocycles. The second-order valence-electron chi connectivity index (χ2n) is 8.65. The highest BCUT2D eigenvalue weighted by molar-refractivity contribution is 6.42. The summed E-state index contributed by atoms with van der Waals surface area (Å²) in [5.74, 6) is 1.02. The maximum atomic E-state index is 14.1. The number of ketones is 1. The van der Waals surface area contributed by atoms with Crippen molar-refractivity contribution in [3.8, 4) is 5.75 Å². The van der Waals surface area contributed by atoms with Gasteiger partial charge in [-0.25, -0.2) is 0 Å². The van der Waals surface area contributed by atoms with Crippen molar-refractivity contribution in [1.29, 1.82) is 0 Å². The van der Waals surface area contributed by atoms with Crippen LogP contribution in [0, 0.1) is 6.92 Å². The predicted molar refractivity (Wildman–Crippen MR) is 127 cm³/mol. The van der Waals surface area contributed by atoms with Gasteiger partial charge in [-0.3, -0.25) is 10.1 Å². The van der Waals surface area contributed by atoms with E-state index in [1.54, 1.807) is 13.2 Å². The molecule has 1 unspecified atom stereocenters. The van der Waals surface area contributed by atoms with Gasteiger partial charge in [-0.15, -0.1) is 0 Å². The molecule has 2 aliphatic rings. The highest BCUT2D eigenvalue weighted by Gasteiger charge is 2.45. The lowest BCUT2D eigenvalue weighted by Crippen LogP contribution is -2.60. The second kappa shape index (κ2) is 9.50. The van der Waals surface area contributed by atoms with E-state index >= 15 is 0 Å². The fourth-order valence-corrected chi connectivity index (χ4v) is 5.44. The number of carbonyl (C=O) groups excluding carboxylic acids is 1. The predicted octanol–water partition coefficient (Wildman–Crippen LogP) is 4.95. The molecule has 4 rings (SSSR count). The fraction of sp³-hybridized carbons (Fsp3) is 0.480. The standard InChI is InChI=1S/C25H30Cl2N2O2/c1-17-18(9-10-21(26)24(17)27)15-23(30)25(16-29-13-4-3-5-14-29)20-7-6-8-22(31-2)19(20)11-12-28-25/h6-10,28H,3-5,11-16H2,1-2H3. The van der Waals surface area contributed by atoms with E-state index in [1.165, 1.54) is 19.3 Å². The lowest BCUT2D eigenvalue weighted by molar-refractivity contribution is -0.126. The number of methoxy groups -OCH3 is 1. The minimum absolute atomic E-state index is 0.161. The van der Waals surface area contributed by atoms with E-state index in [1.807, 2.05) is 25.1 Å². The van der Waals surface area contributed by atoms with Crippen molar-refractivity contribution in [1.82, 2.24) is 10.2 Å². The average Bonchev–Trinajstić information content (AvgIpc) is 2.79. The van der Waals surface area contributed by atoms with Crippen LogP contribution in [0.1, 0.15) is 41.5 Å². The van der Waals surface area contributed by atoms with Gasteiger partial charge in [-0.2, -0.15) is 0 Å². The highest BCUT2D eigenvalue weighted by Crippen LogP contribution is 2.37. The first-order valence-electron chi connectivity index (χ1n) is 11.1. The van der Waals surface area contributed by atoms with Crippen molar-refractivity contribution in [3.05, 3.63) is 62.6 Å². The van der Waals surface area contributed by atoms with Gasteiger partial charge >= 0.3 is 0 Å². The molecule has 2 heterocycles. The SMILES string of the molecule is COc1cccc2c1CCNC2(CN1CCCCC1)C(=O)Cc1ccc(Cl)c(Cl)c1C. The molecule has 0 saturated carbocycles. The Bertz CT molecular complexity index is 972. The Labute approximate surface area is 194 Å². The molecule has 0 bridgehead atoms. The number of benzene rings is 2. The minimum Gasteiger partial charge on any atom is -0.496 e. The number of nitrogens with zero attached hydrogens (tertiary/aromatic N) is 1. The topological polar surface area (TPSA) is 41.6 Å². The number of carbonyl (C=O) groups is 1. The van der Waals surface area contributed by atoms with Crippen LogP contribution in [0.5, 0.6) is 5.75 Å². The zero-order valence-corrected chi connectivity index (χ0v) is 19.8. The summed E-state index contributed by atoms with van der Waals surface area (Å²) in [5, 5.41) is 4.69. The molecule has 0 radical (unpaired) electrons. The van der Waals surface area contributed by atoms with Crippen LogP contribution in [0.15, 0.2) is 30.3 Å². The van der Waals surface area contributed by atoms with Gasteiger partial charge in [0.1, 0.15) is 11.3 Å². The van der Waals surface area contributed by atoms with Gasteiger partial charge in [0.2, 0.25) is 0 Å². The number of rotatable bonds is 6. The average molecular weight is 461 g/mol. The summed E-state index contributed by atoms with van der Waals surface area (Å²) >= 11 is 12.6. The molecule has 1 N–H and O–H groups in total. The lowest BCUT2D eigenvalue weighted by atomic mass is 9.76. The third-order valence-corrected chi connectivity index (χ3v) is 7.70. The van der Waals surface area contributed by atoms with E-state index < -0.39 is 5.54 Å². The van der Waals surface area contributed by atoms with Crippen molar-refractivity contribution in [2.75, 3.05) is 33.3 Å². The van der Waals surface area contributed by atoms with Gasteiger partial charge in [0.25, 0.3) is 0 Å². The van der Waals surface area contributed by atoms with Gasteiger partial charge in [-0.05, 0) is 68.1 Å². The van der Waals surface area contributed by atoms with E-state index in [0.717, 1.165) is 54.1 Å². The molecule has 2 aromatic rings. The number of hydrogen-bond donors (Lipinski definition) is 1. The van der Waals surface area contributed by atoms with Gasteiger partial charge in [0.15, 0.2) is 5.78 Å². The van der Waals surface area contributed by atoms with E-state index in [9.17, 15) is 4.79 Å². The molecule has 0 aliphatic carbocycles. The molecule has 1 fully saturated rings. The van der Waals surface area contributed by atoms with Crippen molar-refractivity contribution in [3.63, 3.8) is 0 Å². The first-order chi connectivity index (χ1) is 15.0. The Morgan fingerprint density at radius 1 is 1.16 bits per heavy atom. The number of likely N-dealkylation sites (tertiary alicyclic amines) is 1. The summed E-state index contributed by atoms with van der Waals surface area (Å²) in [7, 11) is 1.70. The number of hydrogen-bond acceptors (Lipinski definition) is 4. The Morgan fingerprint density at radius 2 is 1.94 bits per heavy atom. The van der Waals surface area contributed by atoms with Crippen LogP contribution in [0.25, 0.3) is 0 Å². The molecule has 166 valence electrons. The molecular formula is C25H30Cl2N2O2. The van der Waals surface area contributed by atoms with Crippen LogP contribution < -0.4 is 10.1 Å². The molecule has 0 spiro atoms. The summed E-state index contributed by atoms with van der Waals surface area (Å²) in [6, 6.07) is 9.78. The maximum absolute atomic E-state index is 14.1. The molecule has 1 saturated heterocycles. The molecule has 0 amide bonds. The number of ether oxygens (including phenoxy) is 1. The smallest absolute Gasteiger partial charge is 0.163 e. The Kier molecular flexibility index (Phi) is 6.92. The van der Waals surface area contributed by atoms with E-state index in [-0.39, 0.29) is 5.78 Å². The molecule has 1 atom stereocenters. The number of Topliss-reactive ketones (excluding diaryl/α,β-unsaturated/α-hetero) is 1. The zero-order valence-electron chi connectivity index (χ0n) is 18.3. The number of nitrogens with one attached hydrogen (secondary N) is 1. The quantitative estimate of drug-likeness (QED) is 0.661. The van der Waals surface area contributed by atoms with Gasteiger partial charge in [-0.1, -0.05) is 47.8 Å². The van der Waals surface area contributed by atoms with Gasteiger partial charge in [0.05, 0.1) is 17.2 Å².